The van der Waals surface area contributed by atoms with E-state index in [1.54, 1.807) is 26.0 Å². The number of aromatic nitrogens is 4. The van der Waals surface area contributed by atoms with Crippen molar-refractivity contribution in [2.45, 2.75) is 25.7 Å². The number of hydrogen-bond donors (Lipinski definition) is 3. The number of Topliss-reactive ketones (excluding diaryl/α,β-unsaturated/α-hetero) is 1. The molecule has 132 valence electrons. The molecule has 11 heteroatoms. The Labute approximate surface area is 141 Å². The van der Waals surface area contributed by atoms with E-state index in [0.29, 0.717) is 0 Å². The number of rotatable bonds is 4. The van der Waals surface area contributed by atoms with Crippen molar-refractivity contribution in [2.75, 3.05) is 12.3 Å². The zero-order valence-electron chi connectivity index (χ0n) is 13.6. The molecule has 0 aromatic carbocycles. The molecule has 4 N–H and O–H groups in total. The molecule has 0 spiro atoms. The Bertz CT molecular complexity index is 897. The monoisotopic (exact) mass is 347 g/mol. The largest absolute Gasteiger partial charge is 0.393 e. The van der Waals surface area contributed by atoms with E-state index in [1.165, 1.54) is 10.9 Å². The number of anilines is 1. The highest BCUT2D eigenvalue weighted by Gasteiger charge is 2.46. The fourth-order valence-electron chi connectivity index (χ4n) is 2.62. The molecule has 2 aromatic rings. The van der Waals surface area contributed by atoms with Crippen LogP contribution in [0.2, 0.25) is 0 Å². The Hall–Kier alpha value is -3.10. The minimum absolute atomic E-state index is 0.0552. The highest BCUT2D eigenvalue weighted by atomic mass is 16.5. The number of imidazole rings is 1. The Morgan fingerprint density at radius 1 is 1.56 bits per heavy atom. The number of nitrogens with two attached hydrogens (primary N) is 1. The summed E-state index contributed by atoms with van der Waals surface area (Å²) in [5, 5.41) is 21.3. The zero-order chi connectivity index (χ0) is 18.8. The van der Waals surface area contributed by atoms with E-state index in [1.807, 2.05) is 0 Å². The Morgan fingerprint density at radius 2 is 2.24 bits per heavy atom. The lowest BCUT2D eigenvalue weighted by Crippen LogP contribution is -2.44. The van der Waals surface area contributed by atoms with Crippen molar-refractivity contribution in [3.63, 3.8) is 0 Å². The first-order valence-electron chi connectivity index (χ1n) is 7.34. The van der Waals surface area contributed by atoms with Gasteiger partial charge in [0.2, 0.25) is 11.7 Å². The van der Waals surface area contributed by atoms with Crippen LogP contribution in [-0.2, 0) is 15.3 Å². The predicted molar refractivity (Wildman–Crippen MR) is 84.9 cm³/mol. The smallest absolute Gasteiger partial charge is 0.280 e. The molecule has 0 fully saturated rings. The predicted octanol–water partition coefficient (Wildman–Crippen LogP) is -0.443. The number of nitrogens with zero attached hydrogens (tertiary/aromatic N) is 5. The molecule has 11 nitrogen and oxygen atoms in total. The topological polar surface area (TPSA) is 184 Å². The SMILES string of the molecule is CC(C)C(=O)[C@]1(n2cnc3c(=O)[nH]c(N)nc32)C=C[C@@H](CO)O1.N#N. The molecule has 0 saturated carbocycles. The second-order valence-electron chi connectivity index (χ2n) is 5.65. The number of aromatic amines is 1. The number of ketones is 1. The number of fused-ring (bicyclic) bond motifs is 1. The van der Waals surface area contributed by atoms with E-state index < -0.39 is 17.4 Å². The molecule has 0 saturated heterocycles. The highest BCUT2D eigenvalue weighted by Crippen LogP contribution is 2.34. The molecule has 0 bridgehead atoms. The van der Waals surface area contributed by atoms with Crippen LogP contribution in [0.1, 0.15) is 13.8 Å². The van der Waals surface area contributed by atoms with E-state index >= 15 is 0 Å². The molecule has 0 amide bonds. The lowest BCUT2D eigenvalue weighted by molar-refractivity contribution is -0.157. The molecule has 3 heterocycles. The van der Waals surface area contributed by atoms with Gasteiger partial charge in [-0.3, -0.25) is 19.1 Å². The Morgan fingerprint density at radius 3 is 2.80 bits per heavy atom. The minimum atomic E-state index is -1.51. The van der Waals surface area contributed by atoms with Gasteiger partial charge in [0.1, 0.15) is 12.4 Å². The third-order valence-electron chi connectivity index (χ3n) is 3.71. The average Bonchev–Trinajstić information content (AvgIpc) is 3.20. The number of carbonyl (C=O) groups is 1. The van der Waals surface area contributed by atoms with Gasteiger partial charge < -0.3 is 15.6 Å². The quantitative estimate of drug-likeness (QED) is 0.487. The molecule has 1 aliphatic rings. The van der Waals surface area contributed by atoms with Crippen molar-refractivity contribution in [2.24, 2.45) is 5.92 Å². The first-order valence-corrected chi connectivity index (χ1v) is 7.34. The summed E-state index contributed by atoms with van der Waals surface area (Å²) in [7, 11) is 0. The maximum absolute atomic E-state index is 12.8. The van der Waals surface area contributed by atoms with Gasteiger partial charge in [-0.05, 0) is 6.08 Å². The van der Waals surface area contributed by atoms with Crippen molar-refractivity contribution >= 4 is 22.9 Å². The molecule has 1 aliphatic heterocycles. The number of ether oxygens (including phenoxy) is 1. The normalized spacial score (nSPS) is 22.1. The number of nitrogen functional groups attached to an aromatic ring is 1. The number of nitrogens with one attached hydrogen (secondary N) is 1. The molecule has 25 heavy (non-hydrogen) atoms. The number of carbonyl (C=O) groups excluding carboxylic acids is 1. The summed E-state index contributed by atoms with van der Waals surface area (Å²) >= 11 is 0. The highest BCUT2D eigenvalue weighted by molar-refractivity contribution is 5.90. The Balaban J connectivity index is 0.00000109. The second kappa shape index (κ2) is 6.80. The van der Waals surface area contributed by atoms with Crippen LogP contribution < -0.4 is 11.3 Å². The van der Waals surface area contributed by atoms with Crippen molar-refractivity contribution in [3.8, 4) is 0 Å². The molecular formula is C14H17N7O4. The van der Waals surface area contributed by atoms with Crippen LogP contribution in [0.4, 0.5) is 5.95 Å². The molecule has 0 unspecified atom stereocenters. The summed E-state index contributed by atoms with van der Waals surface area (Å²) in [5.41, 5.74) is 3.78. The van der Waals surface area contributed by atoms with Gasteiger partial charge in [0.25, 0.3) is 5.56 Å². The zero-order valence-corrected chi connectivity index (χ0v) is 13.6. The second-order valence-corrected chi connectivity index (χ2v) is 5.65. The van der Waals surface area contributed by atoms with E-state index in [4.69, 9.17) is 21.3 Å². The number of aliphatic hydroxyl groups is 1. The molecule has 2 aromatic heterocycles. The van der Waals surface area contributed by atoms with Crippen molar-refractivity contribution < 1.29 is 14.6 Å². The molecule has 2 atom stereocenters. The summed E-state index contributed by atoms with van der Waals surface area (Å²) in [4.78, 5) is 35.2. The fraction of sp³-hybridized carbons (Fsp3) is 0.429. The lowest BCUT2D eigenvalue weighted by atomic mass is 9.98. The van der Waals surface area contributed by atoms with Crippen LogP contribution in [-0.4, -0.2) is 43.1 Å². The summed E-state index contributed by atoms with van der Waals surface area (Å²) in [5.74, 6) is -0.685. The number of hydrogen-bond acceptors (Lipinski definition) is 9. The third-order valence-corrected chi connectivity index (χ3v) is 3.71. The van der Waals surface area contributed by atoms with Gasteiger partial charge in [0, 0.05) is 16.7 Å². The first kappa shape index (κ1) is 18.2. The lowest BCUT2D eigenvalue weighted by Gasteiger charge is -2.30. The van der Waals surface area contributed by atoms with Crippen LogP contribution in [0.3, 0.4) is 0 Å². The van der Waals surface area contributed by atoms with Gasteiger partial charge in [0.05, 0.1) is 6.61 Å². The number of aliphatic hydroxyl groups excluding tert-OH is 1. The van der Waals surface area contributed by atoms with Crippen LogP contribution in [0.5, 0.6) is 0 Å². The standard InChI is InChI=1S/C14H17N5O4.N2/c1-7(2)10(21)14(4-3-8(5-20)23-14)19-6-16-9-11(19)17-13(15)18-12(9)22;1-2/h3-4,6-8,20H,5H2,1-2H3,(H3,15,17,18,22);/t8-,14-;/m0./s1. The fourth-order valence-corrected chi connectivity index (χ4v) is 2.62. The van der Waals surface area contributed by atoms with Crippen molar-refractivity contribution in [1.82, 2.24) is 19.5 Å². The van der Waals surface area contributed by atoms with Gasteiger partial charge in [-0.15, -0.1) is 0 Å². The average molecular weight is 347 g/mol. The van der Waals surface area contributed by atoms with Crippen molar-refractivity contribution in [3.05, 3.63) is 28.8 Å². The maximum atomic E-state index is 12.8. The van der Waals surface area contributed by atoms with E-state index in [-0.39, 0.29) is 35.4 Å². The van der Waals surface area contributed by atoms with E-state index in [2.05, 4.69) is 15.0 Å². The molecule has 0 aliphatic carbocycles. The minimum Gasteiger partial charge on any atom is -0.393 e. The maximum Gasteiger partial charge on any atom is 0.280 e. The van der Waals surface area contributed by atoms with Crippen LogP contribution in [0.15, 0.2) is 23.3 Å². The summed E-state index contributed by atoms with van der Waals surface area (Å²) in [6.45, 7) is 3.20. The van der Waals surface area contributed by atoms with Crippen molar-refractivity contribution in [1.29, 1.82) is 10.8 Å². The first-order chi connectivity index (χ1) is 11.9. The summed E-state index contributed by atoms with van der Waals surface area (Å²) in [6, 6.07) is 0. The van der Waals surface area contributed by atoms with Gasteiger partial charge in [0.15, 0.2) is 16.9 Å². The molecular weight excluding hydrogens is 330 g/mol. The number of H-pyrrole nitrogens is 1. The van der Waals surface area contributed by atoms with Gasteiger partial charge in [-0.1, -0.05) is 19.9 Å². The van der Waals surface area contributed by atoms with Gasteiger partial charge >= 0.3 is 0 Å². The molecule has 0 radical (unpaired) electrons. The summed E-state index contributed by atoms with van der Waals surface area (Å²) < 4.78 is 7.15. The Kier molecular flexibility index (Phi) is 4.96. The van der Waals surface area contributed by atoms with Crippen LogP contribution in [0.25, 0.3) is 11.2 Å². The van der Waals surface area contributed by atoms with Gasteiger partial charge in [-0.2, -0.15) is 4.98 Å². The van der Waals surface area contributed by atoms with Crippen LogP contribution in [0, 0.1) is 16.7 Å². The van der Waals surface area contributed by atoms with Crippen LogP contribution >= 0.6 is 0 Å². The van der Waals surface area contributed by atoms with E-state index in [0.717, 1.165) is 0 Å². The summed E-state index contributed by atoms with van der Waals surface area (Å²) in [6.07, 6.45) is 3.84. The van der Waals surface area contributed by atoms with E-state index in [9.17, 15) is 14.7 Å². The molecule has 3 rings (SSSR count). The third kappa shape index (κ3) is 2.88. The van der Waals surface area contributed by atoms with Gasteiger partial charge in [-0.25, -0.2) is 4.98 Å².